The summed E-state index contributed by atoms with van der Waals surface area (Å²) in [5.41, 5.74) is 6.08. The number of hydrogen-bond donors (Lipinski definition) is 0. The van der Waals surface area contributed by atoms with E-state index in [1.165, 1.54) is 23.9 Å². The minimum Gasteiger partial charge on any atom is -0.406 e. The molecule has 4 aromatic carbocycles. The van der Waals surface area contributed by atoms with Gasteiger partial charge in [0.1, 0.15) is 17.9 Å². The Kier molecular flexibility index (Phi) is 7.33. The van der Waals surface area contributed by atoms with E-state index in [0.29, 0.717) is 22.4 Å². The molecule has 1 aliphatic rings. The predicted octanol–water partition coefficient (Wildman–Crippen LogP) is 7.52. The highest BCUT2D eigenvalue weighted by molar-refractivity contribution is 8.15. The number of thioether (sulfide) groups is 1. The fraction of sp³-hybridized carbons (Fsp3) is 0.129. The molecule has 12 heteroatoms. The van der Waals surface area contributed by atoms with Crippen molar-refractivity contribution in [3.63, 3.8) is 0 Å². The topological polar surface area (TPSA) is 91.2 Å². The number of nitrogens with zero attached hydrogens (tertiary/aromatic N) is 7. The van der Waals surface area contributed by atoms with Crippen LogP contribution in [0.1, 0.15) is 16.7 Å². The third-order valence-electron chi connectivity index (χ3n) is 6.88. The summed E-state index contributed by atoms with van der Waals surface area (Å²) < 4.78 is 43.3. The van der Waals surface area contributed by atoms with Crippen LogP contribution in [0.2, 0.25) is 0 Å². The van der Waals surface area contributed by atoms with Crippen molar-refractivity contribution in [1.82, 2.24) is 9.55 Å². The standard InChI is InChI=1S/C31H22F3N7OS/c1-19-4-3-5-20(2)29(19)41-27(36-17-35)16-43-30(41)39-38-15-21-6-12-25-22(14-21)7-13-26-28(25)37-18-40(26)23-8-10-24(11-9-23)42-31(32,33)34/h3-15,18H,16H2,1-2H3. The normalized spacial score (nSPS) is 15.8. The molecule has 0 aliphatic carbocycles. The lowest BCUT2D eigenvalue weighted by Crippen LogP contribution is -2.30. The summed E-state index contributed by atoms with van der Waals surface area (Å²) in [6, 6.07) is 21.4. The Morgan fingerprint density at radius 1 is 1.02 bits per heavy atom. The van der Waals surface area contributed by atoms with Crippen molar-refractivity contribution in [2.45, 2.75) is 20.2 Å². The average molecular weight is 598 g/mol. The number of anilines is 1. The van der Waals surface area contributed by atoms with Crippen LogP contribution in [0.3, 0.4) is 0 Å². The van der Waals surface area contributed by atoms with E-state index in [1.807, 2.05) is 78.0 Å². The summed E-state index contributed by atoms with van der Waals surface area (Å²) in [5, 5.41) is 20.5. The van der Waals surface area contributed by atoms with Gasteiger partial charge in [0.05, 0.1) is 28.7 Å². The van der Waals surface area contributed by atoms with Gasteiger partial charge in [-0.3, -0.25) is 9.47 Å². The molecule has 0 spiro atoms. The Morgan fingerprint density at radius 2 is 1.79 bits per heavy atom. The minimum atomic E-state index is -4.74. The van der Waals surface area contributed by atoms with Crippen molar-refractivity contribution in [2.75, 3.05) is 10.7 Å². The first-order valence-electron chi connectivity index (χ1n) is 13.0. The van der Waals surface area contributed by atoms with Crippen molar-refractivity contribution in [3.8, 4) is 17.6 Å². The summed E-state index contributed by atoms with van der Waals surface area (Å²) in [6.45, 7) is 4.02. The zero-order valence-corrected chi connectivity index (χ0v) is 23.7. The lowest BCUT2D eigenvalue weighted by atomic mass is 10.1. The largest absolute Gasteiger partial charge is 0.573 e. The van der Waals surface area contributed by atoms with Crippen molar-refractivity contribution in [2.24, 2.45) is 15.2 Å². The van der Waals surface area contributed by atoms with Crippen LogP contribution in [-0.4, -0.2) is 38.9 Å². The molecule has 43 heavy (non-hydrogen) atoms. The van der Waals surface area contributed by atoms with Gasteiger partial charge in [-0.05, 0) is 72.3 Å². The van der Waals surface area contributed by atoms with Crippen LogP contribution in [0.25, 0.3) is 27.5 Å². The number of benzene rings is 4. The lowest BCUT2D eigenvalue weighted by Gasteiger charge is -2.22. The molecule has 2 heterocycles. The van der Waals surface area contributed by atoms with Gasteiger partial charge in [-0.1, -0.05) is 48.2 Å². The van der Waals surface area contributed by atoms with Gasteiger partial charge in [-0.25, -0.2) is 4.98 Å². The number of amidine groups is 2. The molecule has 0 radical (unpaired) electrons. The van der Waals surface area contributed by atoms with E-state index in [4.69, 9.17) is 0 Å². The number of hydrogen-bond acceptors (Lipinski definition) is 7. The lowest BCUT2D eigenvalue weighted by molar-refractivity contribution is -0.274. The highest BCUT2D eigenvalue weighted by Gasteiger charge is 2.31. The van der Waals surface area contributed by atoms with E-state index in [-0.39, 0.29) is 5.75 Å². The number of aryl methyl sites for hydroxylation is 2. The summed E-state index contributed by atoms with van der Waals surface area (Å²) >= 11 is 1.47. The van der Waals surface area contributed by atoms with Crippen LogP contribution < -0.4 is 9.64 Å². The molecule has 0 amide bonds. The van der Waals surface area contributed by atoms with Gasteiger partial charge in [0.15, 0.2) is 5.17 Å². The Balaban J connectivity index is 1.27. The first kappa shape index (κ1) is 28.0. The molecule has 1 saturated heterocycles. The van der Waals surface area contributed by atoms with Crippen LogP contribution in [-0.2, 0) is 0 Å². The van der Waals surface area contributed by atoms with Crippen LogP contribution in [0.15, 0.2) is 94.3 Å². The predicted molar refractivity (Wildman–Crippen MR) is 164 cm³/mol. The summed E-state index contributed by atoms with van der Waals surface area (Å²) in [4.78, 5) is 10.5. The molecule has 0 saturated carbocycles. The summed E-state index contributed by atoms with van der Waals surface area (Å²) in [5.74, 6) is 0.837. The third-order valence-corrected chi connectivity index (χ3v) is 7.80. The van der Waals surface area contributed by atoms with Crippen LogP contribution in [0.4, 0.5) is 18.9 Å². The van der Waals surface area contributed by atoms with Crippen molar-refractivity contribution in [1.29, 1.82) is 5.26 Å². The van der Waals surface area contributed by atoms with E-state index >= 15 is 0 Å². The van der Waals surface area contributed by atoms with Gasteiger partial charge in [-0.2, -0.15) is 15.4 Å². The molecule has 8 nitrogen and oxygen atoms in total. The van der Waals surface area contributed by atoms with Gasteiger partial charge < -0.3 is 4.74 Å². The zero-order valence-electron chi connectivity index (χ0n) is 22.9. The van der Waals surface area contributed by atoms with E-state index in [1.54, 1.807) is 24.7 Å². The van der Waals surface area contributed by atoms with Gasteiger partial charge in [0.25, 0.3) is 0 Å². The maximum Gasteiger partial charge on any atom is 0.573 e. The summed E-state index contributed by atoms with van der Waals surface area (Å²) in [6.07, 6.45) is 0.455. The Hall–Kier alpha value is -5.15. The maximum atomic E-state index is 12.5. The molecule has 214 valence electrons. The number of aromatic nitrogens is 2. The zero-order chi connectivity index (χ0) is 30.1. The molecule has 6 rings (SSSR count). The second-order valence-electron chi connectivity index (χ2n) is 9.69. The molecule has 0 atom stereocenters. The Bertz CT molecular complexity index is 1970. The van der Waals surface area contributed by atoms with Crippen LogP contribution in [0.5, 0.6) is 5.75 Å². The Morgan fingerprint density at radius 3 is 2.51 bits per heavy atom. The van der Waals surface area contributed by atoms with Crippen molar-refractivity contribution >= 4 is 56.5 Å². The number of halogens is 3. The molecule has 0 unspecified atom stereocenters. The van der Waals surface area contributed by atoms with Crippen molar-refractivity contribution in [3.05, 3.63) is 95.8 Å². The fourth-order valence-corrected chi connectivity index (χ4v) is 5.92. The first-order valence-corrected chi connectivity index (χ1v) is 14.0. The second-order valence-corrected chi connectivity index (χ2v) is 10.6. The fourth-order valence-electron chi connectivity index (χ4n) is 5.03. The molecule has 0 bridgehead atoms. The average Bonchev–Trinajstić information content (AvgIpc) is 3.57. The number of imidazole rings is 1. The van der Waals surface area contributed by atoms with E-state index < -0.39 is 6.36 Å². The quantitative estimate of drug-likeness (QED) is 0.119. The van der Waals surface area contributed by atoms with Gasteiger partial charge >= 0.3 is 6.36 Å². The van der Waals surface area contributed by atoms with Gasteiger partial charge in [0.2, 0.25) is 6.19 Å². The highest BCUT2D eigenvalue weighted by atomic mass is 32.2. The monoisotopic (exact) mass is 597 g/mol. The molecular formula is C31H22F3N7OS. The third kappa shape index (κ3) is 5.67. The number of nitriles is 1. The first-order chi connectivity index (χ1) is 20.7. The minimum absolute atomic E-state index is 0.286. The molecule has 1 aliphatic heterocycles. The van der Waals surface area contributed by atoms with Crippen molar-refractivity contribution < 1.29 is 17.9 Å². The number of alkyl halides is 3. The SMILES string of the molecule is Cc1cccc(C)c1N1C(=NC#N)CSC1=NN=Cc1ccc2c(ccc3c2ncn3-c2ccc(OC(F)(F)F)cc2)c1. The number of para-hydroxylation sites is 1. The molecular weight excluding hydrogens is 575 g/mol. The van der Waals surface area contributed by atoms with Crippen LogP contribution >= 0.6 is 11.8 Å². The number of aliphatic imine (C=N–C) groups is 1. The number of rotatable bonds is 5. The molecule has 1 aromatic heterocycles. The molecule has 5 aromatic rings. The number of fused-ring (bicyclic) bond motifs is 3. The summed E-state index contributed by atoms with van der Waals surface area (Å²) in [7, 11) is 0. The Labute approximate surface area is 248 Å². The van der Waals surface area contributed by atoms with Crippen LogP contribution in [0, 0.1) is 25.3 Å². The maximum absolute atomic E-state index is 12.5. The second kappa shape index (κ2) is 11.3. The number of ether oxygens (including phenoxy) is 1. The van der Waals surface area contributed by atoms with E-state index in [0.717, 1.165) is 44.2 Å². The van der Waals surface area contributed by atoms with E-state index in [9.17, 15) is 18.4 Å². The smallest absolute Gasteiger partial charge is 0.406 e. The van der Waals surface area contributed by atoms with Gasteiger partial charge in [-0.15, -0.1) is 18.3 Å². The highest BCUT2D eigenvalue weighted by Crippen LogP contribution is 2.33. The van der Waals surface area contributed by atoms with Gasteiger partial charge in [0, 0.05) is 11.1 Å². The molecule has 0 N–H and O–H groups in total. The molecule has 1 fully saturated rings. The van der Waals surface area contributed by atoms with E-state index in [2.05, 4.69) is 24.9 Å².